The molecule has 106 valence electrons. The fraction of sp³-hybridized carbons (Fsp3) is 0.0625. The molecule has 1 aromatic heterocycles. The van der Waals surface area contributed by atoms with E-state index in [1.165, 1.54) is 0 Å². The van der Waals surface area contributed by atoms with Gasteiger partial charge in [-0.05, 0) is 36.2 Å². The lowest BCUT2D eigenvalue weighted by Crippen LogP contribution is -1.91. The number of anilines is 1. The second-order valence-electron chi connectivity index (χ2n) is 4.83. The average Bonchev–Trinajstić information content (AvgIpc) is 2.80. The first kappa shape index (κ1) is 14.2. The Labute approximate surface area is 136 Å². The SMILES string of the molecule is Cc1ccccc1-c1c(N)n[nH]c1-c1cc(Cl)cc(Br)c1. The van der Waals surface area contributed by atoms with Gasteiger partial charge in [0, 0.05) is 15.1 Å². The molecule has 2 aromatic carbocycles. The van der Waals surface area contributed by atoms with Crippen molar-refractivity contribution < 1.29 is 0 Å². The number of nitrogen functional groups attached to an aromatic ring is 1. The summed E-state index contributed by atoms with van der Waals surface area (Å²) >= 11 is 9.60. The molecule has 0 bridgehead atoms. The van der Waals surface area contributed by atoms with Gasteiger partial charge in [0.1, 0.15) is 0 Å². The molecule has 0 saturated heterocycles. The summed E-state index contributed by atoms with van der Waals surface area (Å²) in [5.74, 6) is 0.482. The summed E-state index contributed by atoms with van der Waals surface area (Å²) in [6.45, 7) is 2.06. The lowest BCUT2D eigenvalue weighted by molar-refractivity contribution is 1.10. The highest BCUT2D eigenvalue weighted by Crippen LogP contribution is 2.37. The van der Waals surface area contributed by atoms with E-state index in [-0.39, 0.29) is 0 Å². The minimum Gasteiger partial charge on any atom is -0.382 e. The molecule has 0 spiro atoms. The molecule has 3 nitrogen and oxygen atoms in total. The van der Waals surface area contributed by atoms with Gasteiger partial charge in [0.05, 0.1) is 11.3 Å². The molecular formula is C16H13BrClN3. The number of benzene rings is 2. The highest BCUT2D eigenvalue weighted by Gasteiger charge is 2.16. The first-order valence-corrected chi connectivity index (χ1v) is 7.59. The Kier molecular flexibility index (Phi) is 3.74. The summed E-state index contributed by atoms with van der Waals surface area (Å²) in [6.07, 6.45) is 0. The van der Waals surface area contributed by atoms with Crippen LogP contribution in [0, 0.1) is 6.92 Å². The maximum atomic E-state index is 6.14. The fourth-order valence-corrected chi connectivity index (χ4v) is 3.25. The van der Waals surface area contributed by atoms with Crippen molar-refractivity contribution in [3.63, 3.8) is 0 Å². The molecule has 0 saturated carbocycles. The minimum absolute atomic E-state index is 0.482. The van der Waals surface area contributed by atoms with Gasteiger partial charge in [0.15, 0.2) is 5.82 Å². The predicted octanol–water partition coefficient (Wildman–Crippen LogP) is 5.05. The molecule has 0 amide bonds. The van der Waals surface area contributed by atoms with E-state index in [2.05, 4.69) is 39.1 Å². The van der Waals surface area contributed by atoms with Crippen LogP contribution in [0.15, 0.2) is 46.9 Å². The Hall–Kier alpha value is -1.78. The summed E-state index contributed by atoms with van der Waals surface area (Å²) in [4.78, 5) is 0. The molecule has 5 heteroatoms. The van der Waals surface area contributed by atoms with E-state index in [0.29, 0.717) is 10.8 Å². The first-order valence-electron chi connectivity index (χ1n) is 6.42. The monoisotopic (exact) mass is 361 g/mol. The van der Waals surface area contributed by atoms with Crippen molar-refractivity contribution in [2.75, 3.05) is 5.73 Å². The van der Waals surface area contributed by atoms with Gasteiger partial charge >= 0.3 is 0 Å². The Bertz CT molecular complexity index is 791. The molecule has 0 radical (unpaired) electrons. The van der Waals surface area contributed by atoms with Gasteiger partial charge in [0.25, 0.3) is 0 Å². The minimum atomic E-state index is 0.482. The fourth-order valence-electron chi connectivity index (χ4n) is 2.39. The van der Waals surface area contributed by atoms with Crippen molar-refractivity contribution >= 4 is 33.3 Å². The number of hydrogen-bond donors (Lipinski definition) is 2. The summed E-state index contributed by atoms with van der Waals surface area (Å²) in [5, 5.41) is 7.84. The summed E-state index contributed by atoms with van der Waals surface area (Å²) in [5.41, 5.74) is 11.0. The van der Waals surface area contributed by atoms with Crippen LogP contribution in [0.3, 0.4) is 0 Å². The van der Waals surface area contributed by atoms with Gasteiger partial charge in [-0.2, -0.15) is 5.10 Å². The van der Waals surface area contributed by atoms with E-state index in [0.717, 1.165) is 32.4 Å². The van der Waals surface area contributed by atoms with E-state index < -0.39 is 0 Å². The number of H-pyrrole nitrogens is 1. The quantitative estimate of drug-likeness (QED) is 0.670. The molecule has 0 unspecified atom stereocenters. The number of aromatic nitrogens is 2. The summed E-state index contributed by atoms with van der Waals surface area (Å²) in [7, 11) is 0. The first-order chi connectivity index (χ1) is 10.1. The van der Waals surface area contributed by atoms with Gasteiger partial charge < -0.3 is 5.73 Å². The van der Waals surface area contributed by atoms with Crippen molar-refractivity contribution in [3.8, 4) is 22.4 Å². The van der Waals surface area contributed by atoms with Crippen LogP contribution in [0.4, 0.5) is 5.82 Å². The summed E-state index contributed by atoms with van der Waals surface area (Å²) in [6, 6.07) is 13.8. The second-order valence-corrected chi connectivity index (χ2v) is 6.18. The lowest BCUT2D eigenvalue weighted by Gasteiger charge is -2.08. The number of aryl methyl sites for hydroxylation is 1. The maximum absolute atomic E-state index is 6.14. The van der Waals surface area contributed by atoms with Gasteiger partial charge in [-0.3, -0.25) is 5.10 Å². The van der Waals surface area contributed by atoms with E-state index >= 15 is 0 Å². The number of hydrogen-bond acceptors (Lipinski definition) is 2. The highest BCUT2D eigenvalue weighted by molar-refractivity contribution is 9.10. The number of nitrogens with two attached hydrogens (primary N) is 1. The number of nitrogens with one attached hydrogen (secondary N) is 1. The van der Waals surface area contributed by atoms with Gasteiger partial charge in [-0.25, -0.2) is 0 Å². The molecule has 3 rings (SSSR count). The Morgan fingerprint density at radius 3 is 2.67 bits per heavy atom. The molecule has 0 aliphatic heterocycles. The number of nitrogens with zero attached hydrogens (tertiary/aromatic N) is 1. The van der Waals surface area contributed by atoms with Crippen LogP contribution in [-0.2, 0) is 0 Å². The van der Waals surface area contributed by atoms with Crippen molar-refractivity contribution in [2.45, 2.75) is 6.92 Å². The smallest absolute Gasteiger partial charge is 0.153 e. The highest BCUT2D eigenvalue weighted by atomic mass is 79.9. The Balaban J connectivity index is 2.24. The standard InChI is InChI=1S/C16H13BrClN3/c1-9-4-2-3-5-13(9)14-15(20-21-16(14)19)10-6-11(17)8-12(18)7-10/h2-8H,1H3,(H3,19,20,21). The zero-order valence-electron chi connectivity index (χ0n) is 11.3. The molecule has 0 aliphatic carbocycles. The second kappa shape index (κ2) is 5.54. The van der Waals surface area contributed by atoms with Crippen molar-refractivity contribution in [1.29, 1.82) is 0 Å². The molecule has 1 heterocycles. The van der Waals surface area contributed by atoms with Crippen LogP contribution < -0.4 is 5.73 Å². The number of halogens is 2. The van der Waals surface area contributed by atoms with Gasteiger partial charge in [-0.1, -0.05) is 51.8 Å². The van der Waals surface area contributed by atoms with Crippen LogP contribution in [-0.4, -0.2) is 10.2 Å². The van der Waals surface area contributed by atoms with Crippen molar-refractivity contribution in [1.82, 2.24) is 10.2 Å². The number of aromatic amines is 1. The normalized spacial score (nSPS) is 10.8. The zero-order valence-corrected chi connectivity index (χ0v) is 13.7. The molecule has 3 aromatic rings. The molecule has 0 aliphatic rings. The lowest BCUT2D eigenvalue weighted by atomic mass is 9.97. The van der Waals surface area contributed by atoms with Crippen LogP contribution in [0.1, 0.15) is 5.56 Å². The predicted molar refractivity (Wildman–Crippen MR) is 91.3 cm³/mol. The van der Waals surface area contributed by atoms with Crippen LogP contribution in [0.25, 0.3) is 22.4 Å². The molecule has 0 fully saturated rings. The third kappa shape index (κ3) is 2.69. The topological polar surface area (TPSA) is 54.7 Å². The Morgan fingerprint density at radius 1 is 1.19 bits per heavy atom. The zero-order chi connectivity index (χ0) is 15.0. The third-order valence-corrected chi connectivity index (χ3v) is 4.04. The molecule has 21 heavy (non-hydrogen) atoms. The Morgan fingerprint density at radius 2 is 1.95 bits per heavy atom. The molecule has 3 N–H and O–H groups in total. The van der Waals surface area contributed by atoms with Gasteiger partial charge in [0.2, 0.25) is 0 Å². The van der Waals surface area contributed by atoms with E-state index in [4.69, 9.17) is 17.3 Å². The van der Waals surface area contributed by atoms with E-state index in [1.807, 2.05) is 36.4 Å². The van der Waals surface area contributed by atoms with E-state index in [9.17, 15) is 0 Å². The molecule has 0 atom stereocenters. The maximum Gasteiger partial charge on any atom is 0.153 e. The van der Waals surface area contributed by atoms with Crippen molar-refractivity contribution in [3.05, 3.63) is 57.5 Å². The van der Waals surface area contributed by atoms with Crippen molar-refractivity contribution in [2.24, 2.45) is 0 Å². The third-order valence-electron chi connectivity index (χ3n) is 3.36. The van der Waals surface area contributed by atoms with Crippen LogP contribution >= 0.6 is 27.5 Å². The van der Waals surface area contributed by atoms with Gasteiger partial charge in [-0.15, -0.1) is 0 Å². The average molecular weight is 363 g/mol. The molecular weight excluding hydrogens is 350 g/mol. The summed E-state index contributed by atoms with van der Waals surface area (Å²) < 4.78 is 0.911. The van der Waals surface area contributed by atoms with Crippen LogP contribution in [0.2, 0.25) is 5.02 Å². The largest absolute Gasteiger partial charge is 0.382 e. The number of rotatable bonds is 2. The van der Waals surface area contributed by atoms with E-state index in [1.54, 1.807) is 0 Å². The van der Waals surface area contributed by atoms with Crippen LogP contribution in [0.5, 0.6) is 0 Å².